The summed E-state index contributed by atoms with van der Waals surface area (Å²) in [6.45, 7) is 0. The number of carbonyl (C=O) groups excluding carboxylic acids is 1. The summed E-state index contributed by atoms with van der Waals surface area (Å²) in [4.78, 5) is 16.9. The summed E-state index contributed by atoms with van der Waals surface area (Å²) in [5, 5.41) is 17.0. The Hall–Kier alpha value is -2.55. The van der Waals surface area contributed by atoms with Crippen LogP contribution in [0.25, 0.3) is 0 Å². The van der Waals surface area contributed by atoms with Gasteiger partial charge in [-0.15, -0.1) is 0 Å². The molecule has 3 atom stereocenters. The molecule has 3 unspecified atom stereocenters. The lowest BCUT2D eigenvalue weighted by Crippen LogP contribution is -2.46. The number of nitrogens with one attached hydrogen (secondary N) is 4. The second-order valence-corrected chi connectivity index (χ2v) is 6.56. The molecule has 0 saturated carbocycles. The first-order chi connectivity index (χ1) is 12.9. The van der Waals surface area contributed by atoms with E-state index < -0.39 is 24.0 Å². The van der Waals surface area contributed by atoms with Crippen LogP contribution in [0.1, 0.15) is 11.6 Å². The van der Waals surface area contributed by atoms with E-state index in [9.17, 15) is 4.79 Å². The molecule has 1 aromatic rings. The number of halogens is 2. The highest BCUT2D eigenvalue weighted by Crippen LogP contribution is 2.28. The summed E-state index contributed by atoms with van der Waals surface area (Å²) in [6.07, 6.45) is 5.01. The zero-order valence-electron chi connectivity index (χ0n) is 14.5. The number of hydrogen-bond donors (Lipinski definition) is 6. The smallest absolute Gasteiger partial charge is 0.236 e. The maximum absolute atomic E-state index is 12.7. The Morgan fingerprint density at radius 2 is 2.19 bits per heavy atom. The number of benzene rings is 1. The number of nitrogens with zero attached hydrogens (tertiary/aromatic N) is 1. The molecule has 1 heterocycles. The van der Waals surface area contributed by atoms with Crippen LogP contribution in [0, 0.1) is 11.3 Å². The fourth-order valence-electron chi connectivity index (χ4n) is 2.47. The molecule has 8 nitrogen and oxygen atoms in total. The summed E-state index contributed by atoms with van der Waals surface area (Å²) in [5.74, 6) is -1.09. The van der Waals surface area contributed by atoms with Gasteiger partial charge in [0.05, 0.1) is 11.7 Å². The number of hydrogen-bond acceptors (Lipinski definition) is 7. The molecular formula is C17H21Cl2N7O. The van der Waals surface area contributed by atoms with Crippen LogP contribution in [-0.2, 0) is 4.79 Å². The van der Waals surface area contributed by atoms with E-state index >= 15 is 0 Å². The van der Waals surface area contributed by atoms with Crippen LogP contribution < -0.4 is 27.4 Å². The monoisotopic (exact) mass is 409 g/mol. The highest BCUT2D eigenvalue weighted by Gasteiger charge is 2.29. The highest BCUT2D eigenvalue weighted by atomic mass is 35.5. The number of aliphatic imine (C=N–C) groups is 1. The molecule has 0 radical (unpaired) electrons. The van der Waals surface area contributed by atoms with Gasteiger partial charge in [-0.2, -0.15) is 0 Å². The van der Waals surface area contributed by atoms with Gasteiger partial charge in [0.25, 0.3) is 0 Å². The average Bonchev–Trinajstić information content (AvgIpc) is 2.63. The number of rotatable bonds is 7. The van der Waals surface area contributed by atoms with E-state index in [0.717, 1.165) is 6.21 Å². The van der Waals surface area contributed by atoms with E-state index in [0.29, 0.717) is 21.3 Å². The van der Waals surface area contributed by atoms with Crippen LogP contribution in [-0.4, -0.2) is 31.2 Å². The predicted molar refractivity (Wildman–Crippen MR) is 109 cm³/mol. The third-order valence-electron chi connectivity index (χ3n) is 3.83. The second kappa shape index (κ2) is 9.40. The molecule has 0 aliphatic carbocycles. The van der Waals surface area contributed by atoms with Gasteiger partial charge in [0.2, 0.25) is 5.91 Å². The summed E-state index contributed by atoms with van der Waals surface area (Å²) in [5.41, 5.74) is 12.9. The highest BCUT2D eigenvalue weighted by molar-refractivity contribution is 6.33. The topological polar surface area (TPSA) is 141 Å². The molecule has 1 amide bonds. The van der Waals surface area contributed by atoms with Gasteiger partial charge in [-0.3, -0.25) is 4.79 Å². The third-order valence-corrected chi connectivity index (χ3v) is 4.41. The SMILES string of the molecule is CN/C=C(/NC(=O)C(C=N)C1N=C(N)C=CN1)C(N)c1cc(Cl)ccc1Cl. The zero-order valence-corrected chi connectivity index (χ0v) is 16.1. The van der Waals surface area contributed by atoms with Gasteiger partial charge in [0.1, 0.15) is 17.9 Å². The maximum Gasteiger partial charge on any atom is 0.236 e. The molecule has 2 rings (SSSR count). The van der Waals surface area contributed by atoms with Gasteiger partial charge in [-0.25, -0.2) is 4.99 Å². The van der Waals surface area contributed by atoms with E-state index in [1.807, 2.05) is 0 Å². The minimum atomic E-state index is -0.893. The third kappa shape index (κ3) is 5.22. The van der Waals surface area contributed by atoms with E-state index in [1.54, 1.807) is 43.7 Å². The largest absolute Gasteiger partial charge is 0.393 e. The number of nitrogens with two attached hydrogens (primary N) is 2. The second-order valence-electron chi connectivity index (χ2n) is 5.71. The molecule has 1 aliphatic heterocycles. The quantitative estimate of drug-likeness (QED) is 0.375. The number of amidine groups is 1. The molecule has 0 fully saturated rings. The van der Waals surface area contributed by atoms with Gasteiger partial charge < -0.3 is 32.8 Å². The van der Waals surface area contributed by atoms with Crippen LogP contribution in [0.5, 0.6) is 0 Å². The Kier molecular flexibility index (Phi) is 7.23. The zero-order chi connectivity index (χ0) is 20.0. The fourth-order valence-corrected chi connectivity index (χ4v) is 2.89. The Bertz CT molecular complexity index is 806. The van der Waals surface area contributed by atoms with Gasteiger partial charge in [-0.1, -0.05) is 23.2 Å². The standard InChI is InChI=1S/C17H21Cl2N7O/c1-23-8-13(15(22)10-6-9(18)2-3-12(10)19)25-17(27)11(7-20)16-24-5-4-14(21)26-16/h2-8,11,15-16,20,23-24H,22H2,1H3,(H2,21,26)(H,25,27)/b13-8+,20-7?. The molecule has 0 aromatic heterocycles. The van der Waals surface area contributed by atoms with E-state index in [-0.39, 0.29) is 5.84 Å². The molecule has 27 heavy (non-hydrogen) atoms. The molecule has 10 heteroatoms. The Morgan fingerprint density at radius 1 is 1.44 bits per heavy atom. The van der Waals surface area contributed by atoms with E-state index in [4.69, 9.17) is 40.1 Å². The first kappa shape index (κ1) is 20.8. The van der Waals surface area contributed by atoms with Crippen molar-refractivity contribution < 1.29 is 4.79 Å². The van der Waals surface area contributed by atoms with Crippen molar-refractivity contribution in [3.63, 3.8) is 0 Å². The van der Waals surface area contributed by atoms with Crippen LogP contribution in [0.15, 0.2) is 47.4 Å². The minimum absolute atomic E-state index is 0.270. The van der Waals surface area contributed by atoms with Crippen molar-refractivity contribution in [2.45, 2.75) is 12.2 Å². The summed E-state index contributed by atoms with van der Waals surface area (Å²) in [6, 6.07) is 4.17. The van der Waals surface area contributed by atoms with Gasteiger partial charge in [0, 0.05) is 35.7 Å². The van der Waals surface area contributed by atoms with Crippen molar-refractivity contribution >= 4 is 41.2 Å². The van der Waals surface area contributed by atoms with E-state index in [2.05, 4.69) is 20.9 Å². The summed E-state index contributed by atoms with van der Waals surface area (Å²) in [7, 11) is 1.67. The molecule has 0 saturated heterocycles. The van der Waals surface area contributed by atoms with Crippen LogP contribution >= 0.6 is 23.2 Å². The van der Waals surface area contributed by atoms with Crippen molar-refractivity contribution in [3.05, 3.63) is 58.0 Å². The molecule has 8 N–H and O–H groups in total. The minimum Gasteiger partial charge on any atom is -0.393 e. The maximum atomic E-state index is 12.7. The van der Waals surface area contributed by atoms with Crippen LogP contribution in [0.4, 0.5) is 0 Å². The summed E-state index contributed by atoms with van der Waals surface area (Å²) >= 11 is 12.2. The number of amides is 1. The lowest BCUT2D eigenvalue weighted by atomic mass is 10.0. The Morgan fingerprint density at radius 3 is 2.81 bits per heavy atom. The number of carbonyl (C=O) groups is 1. The van der Waals surface area contributed by atoms with Crippen molar-refractivity contribution in [1.29, 1.82) is 5.41 Å². The fraction of sp³-hybridized carbons (Fsp3) is 0.235. The first-order valence-electron chi connectivity index (χ1n) is 8.02. The van der Waals surface area contributed by atoms with Crippen molar-refractivity contribution in [2.75, 3.05) is 7.05 Å². The van der Waals surface area contributed by atoms with Crippen LogP contribution in [0.2, 0.25) is 10.0 Å². The van der Waals surface area contributed by atoms with Crippen molar-refractivity contribution in [1.82, 2.24) is 16.0 Å². The molecular weight excluding hydrogens is 389 g/mol. The molecule has 1 aliphatic rings. The van der Waals surface area contributed by atoms with Gasteiger partial charge in [0.15, 0.2) is 0 Å². The molecule has 0 bridgehead atoms. The Labute approximate surface area is 167 Å². The molecule has 0 spiro atoms. The lowest BCUT2D eigenvalue weighted by Gasteiger charge is -2.25. The molecule has 1 aromatic carbocycles. The normalized spacial score (nSPS) is 18.7. The predicted octanol–water partition coefficient (Wildman–Crippen LogP) is 1.24. The Balaban J connectivity index is 2.23. The van der Waals surface area contributed by atoms with Crippen LogP contribution in [0.3, 0.4) is 0 Å². The van der Waals surface area contributed by atoms with Gasteiger partial charge in [-0.05, 0) is 29.8 Å². The van der Waals surface area contributed by atoms with E-state index in [1.165, 1.54) is 0 Å². The summed E-state index contributed by atoms with van der Waals surface area (Å²) < 4.78 is 0. The first-order valence-corrected chi connectivity index (χ1v) is 8.78. The van der Waals surface area contributed by atoms with Crippen molar-refractivity contribution in [2.24, 2.45) is 22.4 Å². The lowest BCUT2D eigenvalue weighted by molar-refractivity contribution is -0.122. The molecule has 144 valence electrons. The van der Waals surface area contributed by atoms with Crippen molar-refractivity contribution in [3.8, 4) is 0 Å². The average molecular weight is 410 g/mol. The van der Waals surface area contributed by atoms with Gasteiger partial charge >= 0.3 is 0 Å².